The van der Waals surface area contributed by atoms with E-state index in [0.29, 0.717) is 18.2 Å². The molecule has 0 aromatic carbocycles. The Kier molecular flexibility index (Phi) is 3.45. The summed E-state index contributed by atoms with van der Waals surface area (Å²) < 4.78 is 0. The Bertz CT molecular complexity index is 175. The molecule has 2 rings (SSSR count). The second kappa shape index (κ2) is 4.63. The van der Waals surface area contributed by atoms with Gasteiger partial charge in [-0.25, -0.2) is 0 Å². The molecule has 1 aliphatic heterocycles. The molecule has 0 radical (unpaired) electrons. The zero-order valence-corrected chi connectivity index (χ0v) is 9.10. The number of hydrogen-bond donors (Lipinski definition) is 2. The number of aliphatic hydroxyl groups excluding tert-OH is 1. The van der Waals surface area contributed by atoms with E-state index < -0.39 is 0 Å². The van der Waals surface area contributed by atoms with Crippen LogP contribution in [0.15, 0.2) is 0 Å². The molecule has 1 spiro atoms. The molecule has 0 amide bonds. The van der Waals surface area contributed by atoms with Crippen molar-refractivity contribution in [3.63, 3.8) is 0 Å². The summed E-state index contributed by atoms with van der Waals surface area (Å²) in [6, 6.07) is 0.695. The quantitative estimate of drug-likeness (QED) is 0.727. The molecule has 1 unspecified atom stereocenters. The molecule has 2 nitrogen and oxygen atoms in total. The third-order valence-electron chi connectivity index (χ3n) is 4.00. The van der Waals surface area contributed by atoms with Crippen molar-refractivity contribution >= 4 is 0 Å². The lowest BCUT2D eigenvalue weighted by atomic mass is 9.81. The average molecular weight is 197 g/mol. The Balaban J connectivity index is 1.80. The van der Waals surface area contributed by atoms with Crippen LogP contribution in [0.4, 0.5) is 0 Å². The summed E-state index contributed by atoms with van der Waals surface area (Å²) in [6.45, 7) is 0.352. The predicted octanol–water partition coefficient (Wildman–Crippen LogP) is 2.21. The third kappa shape index (κ3) is 2.29. The fourth-order valence-corrected chi connectivity index (χ4v) is 3.20. The van der Waals surface area contributed by atoms with Crippen molar-refractivity contribution in [1.29, 1.82) is 0 Å². The van der Waals surface area contributed by atoms with Gasteiger partial charge in [-0.15, -0.1) is 0 Å². The van der Waals surface area contributed by atoms with Gasteiger partial charge < -0.3 is 10.4 Å². The first-order valence-corrected chi connectivity index (χ1v) is 6.23. The average Bonchev–Trinajstić information content (AvgIpc) is 2.60. The van der Waals surface area contributed by atoms with Crippen LogP contribution in [0.1, 0.15) is 57.8 Å². The fraction of sp³-hybridized carbons (Fsp3) is 1.00. The highest BCUT2D eigenvalue weighted by molar-refractivity contribution is 4.98. The van der Waals surface area contributed by atoms with E-state index in [-0.39, 0.29) is 0 Å². The van der Waals surface area contributed by atoms with E-state index in [9.17, 15) is 0 Å². The maximum Gasteiger partial charge on any atom is 0.0431 e. The lowest BCUT2D eigenvalue weighted by Crippen LogP contribution is -2.44. The Morgan fingerprint density at radius 2 is 1.93 bits per heavy atom. The highest BCUT2D eigenvalue weighted by Gasteiger charge is 2.38. The molecule has 2 N–H and O–H groups in total. The van der Waals surface area contributed by atoms with Gasteiger partial charge in [-0.3, -0.25) is 0 Å². The van der Waals surface area contributed by atoms with E-state index in [1.807, 2.05) is 0 Å². The van der Waals surface area contributed by atoms with Crippen LogP contribution in [0.3, 0.4) is 0 Å². The molecule has 2 aliphatic rings. The van der Waals surface area contributed by atoms with Gasteiger partial charge in [0.15, 0.2) is 0 Å². The summed E-state index contributed by atoms with van der Waals surface area (Å²) in [5.74, 6) is 0. The number of hydrogen-bond acceptors (Lipinski definition) is 2. The third-order valence-corrected chi connectivity index (χ3v) is 4.00. The monoisotopic (exact) mass is 197 g/mol. The minimum atomic E-state index is 0.352. The summed E-state index contributed by atoms with van der Waals surface area (Å²) in [5.41, 5.74) is 0.512. The molecule has 2 heteroatoms. The Morgan fingerprint density at radius 3 is 2.64 bits per heavy atom. The highest BCUT2D eigenvalue weighted by atomic mass is 16.2. The van der Waals surface area contributed by atoms with Gasteiger partial charge in [0.25, 0.3) is 0 Å². The lowest BCUT2D eigenvalue weighted by molar-refractivity contribution is 0.243. The number of nitrogens with one attached hydrogen (secondary N) is 1. The van der Waals surface area contributed by atoms with Gasteiger partial charge in [0, 0.05) is 18.2 Å². The van der Waals surface area contributed by atoms with E-state index in [1.54, 1.807) is 0 Å². The summed E-state index contributed by atoms with van der Waals surface area (Å²) >= 11 is 0. The summed E-state index contributed by atoms with van der Waals surface area (Å²) in [5, 5.41) is 12.6. The summed E-state index contributed by atoms with van der Waals surface area (Å²) in [6.07, 6.45) is 11.9. The smallest absolute Gasteiger partial charge is 0.0431 e. The maximum absolute atomic E-state index is 8.80. The van der Waals surface area contributed by atoms with Crippen LogP contribution in [-0.4, -0.2) is 23.3 Å². The fourth-order valence-electron chi connectivity index (χ4n) is 3.20. The van der Waals surface area contributed by atoms with Crippen molar-refractivity contribution in [3.8, 4) is 0 Å². The largest absolute Gasteiger partial charge is 0.396 e. The van der Waals surface area contributed by atoms with Gasteiger partial charge in [0.05, 0.1) is 0 Å². The van der Waals surface area contributed by atoms with Crippen LogP contribution in [0.5, 0.6) is 0 Å². The van der Waals surface area contributed by atoms with E-state index in [4.69, 9.17) is 5.11 Å². The standard InChI is InChI=1S/C12H23NO/c14-10-4-5-11-6-9-12(13-11)7-2-1-3-8-12/h11,13-14H,1-10H2. The molecule has 1 heterocycles. The van der Waals surface area contributed by atoms with Crippen LogP contribution < -0.4 is 5.32 Å². The predicted molar refractivity (Wildman–Crippen MR) is 58.3 cm³/mol. The first-order valence-electron chi connectivity index (χ1n) is 6.23. The van der Waals surface area contributed by atoms with Crippen molar-refractivity contribution in [2.45, 2.75) is 69.4 Å². The van der Waals surface area contributed by atoms with Gasteiger partial charge in [-0.05, 0) is 38.5 Å². The summed E-state index contributed by atoms with van der Waals surface area (Å²) in [4.78, 5) is 0. The van der Waals surface area contributed by atoms with E-state index >= 15 is 0 Å². The Labute approximate surface area is 87.1 Å². The zero-order chi connectivity index (χ0) is 9.86. The lowest BCUT2D eigenvalue weighted by Gasteiger charge is -2.34. The molecule has 2 fully saturated rings. The molecule has 1 aliphatic carbocycles. The van der Waals surface area contributed by atoms with E-state index in [2.05, 4.69) is 5.32 Å². The minimum absolute atomic E-state index is 0.352. The van der Waals surface area contributed by atoms with Gasteiger partial charge in [0.2, 0.25) is 0 Å². The van der Waals surface area contributed by atoms with Crippen LogP contribution in [0.25, 0.3) is 0 Å². The first-order chi connectivity index (χ1) is 6.85. The first kappa shape index (κ1) is 10.4. The minimum Gasteiger partial charge on any atom is -0.396 e. The van der Waals surface area contributed by atoms with Crippen molar-refractivity contribution in [2.75, 3.05) is 6.61 Å². The maximum atomic E-state index is 8.80. The SMILES string of the molecule is OCCCC1CCC2(CCCCC2)N1. The van der Waals surface area contributed by atoms with Crippen molar-refractivity contribution in [1.82, 2.24) is 5.32 Å². The van der Waals surface area contributed by atoms with Crippen molar-refractivity contribution < 1.29 is 5.11 Å². The molecular formula is C12H23NO. The molecule has 1 saturated heterocycles. The molecule has 0 aromatic heterocycles. The van der Waals surface area contributed by atoms with Gasteiger partial charge in [0.1, 0.15) is 0 Å². The molecular weight excluding hydrogens is 174 g/mol. The van der Waals surface area contributed by atoms with Crippen LogP contribution in [0.2, 0.25) is 0 Å². The molecule has 82 valence electrons. The molecule has 0 aromatic rings. The second-order valence-electron chi connectivity index (χ2n) is 5.09. The second-order valence-corrected chi connectivity index (χ2v) is 5.09. The van der Waals surface area contributed by atoms with Gasteiger partial charge in [-0.2, -0.15) is 0 Å². The molecule has 14 heavy (non-hydrogen) atoms. The normalized spacial score (nSPS) is 31.1. The van der Waals surface area contributed by atoms with Crippen LogP contribution in [-0.2, 0) is 0 Å². The number of aliphatic hydroxyl groups is 1. The van der Waals surface area contributed by atoms with Crippen LogP contribution >= 0.6 is 0 Å². The zero-order valence-electron chi connectivity index (χ0n) is 9.10. The van der Waals surface area contributed by atoms with Gasteiger partial charge in [-0.1, -0.05) is 19.3 Å². The van der Waals surface area contributed by atoms with Crippen molar-refractivity contribution in [2.24, 2.45) is 0 Å². The molecule has 1 saturated carbocycles. The van der Waals surface area contributed by atoms with E-state index in [0.717, 1.165) is 12.8 Å². The molecule has 1 atom stereocenters. The Morgan fingerprint density at radius 1 is 1.14 bits per heavy atom. The number of rotatable bonds is 3. The van der Waals surface area contributed by atoms with E-state index in [1.165, 1.54) is 44.9 Å². The van der Waals surface area contributed by atoms with Crippen molar-refractivity contribution in [3.05, 3.63) is 0 Å². The topological polar surface area (TPSA) is 32.3 Å². The van der Waals surface area contributed by atoms with Crippen LogP contribution in [0, 0.1) is 0 Å². The molecule has 0 bridgehead atoms. The highest BCUT2D eigenvalue weighted by Crippen LogP contribution is 2.37. The summed E-state index contributed by atoms with van der Waals surface area (Å²) in [7, 11) is 0. The van der Waals surface area contributed by atoms with Gasteiger partial charge >= 0.3 is 0 Å². The Hall–Kier alpha value is -0.0800.